The zero-order chi connectivity index (χ0) is 20.9. The summed E-state index contributed by atoms with van der Waals surface area (Å²) in [5.41, 5.74) is 3.24. The zero-order valence-electron chi connectivity index (χ0n) is 18.0. The van der Waals surface area contributed by atoms with Gasteiger partial charge in [-0.15, -0.1) is 0 Å². The maximum Gasteiger partial charge on any atom is 0.410 e. The van der Waals surface area contributed by atoms with E-state index in [1.165, 1.54) is 16.7 Å². The molecule has 1 aromatic carbocycles. The third kappa shape index (κ3) is 6.29. The molecule has 156 valence electrons. The Morgan fingerprint density at radius 3 is 2.45 bits per heavy atom. The van der Waals surface area contributed by atoms with Crippen LogP contribution in [0.15, 0.2) is 48.8 Å². The molecule has 0 aliphatic heterocycles. The molecule has 0 radical (unpaired) electrons. The summed E-state index contributed by atoms with van der Waals surface area (Å²) in [5, 5.41) is 3.70. The Morgan fingerprint density at radius 2 is 1.79 bits per heavy atom. The number of pyridine rings is 1. The van der Waals surface area contributed by atoms with E-state index in [1.807, 2.05) is 52.3 Å². The number of hydrogen-bond donors (Lipinski definition) is 1. The van der Waals surface area contributed by atoms with Crippen LogP contribution in [0.25, 0.3) is 11.1 Å². The Labute approximate surface area is 174 Å². The van der Waals surface area contributed by atoms with Crippen molar-refractivity contribution in [3.63, 3.8) is 0 Å². The average molecular weight is 396 g/mol. The first kappa shape index (κ1) is 21.3. The third-order valence-corrected chi connectivity index (χ3v) is 5.46. The quantitative estimate of drug-likeness (QED) is 0.773. The van der Waals surface area contributed by atoms with E-state index in [2.05, 4.69) is 34.6 Å². The SMILES string of the molecule is CN(C(=O)OC(C)(C)C)[C@H]1CC[C@H](NCc2cccc(-c3ccncc3)c2)CC1. The molecule has 1 N–H and O–H groups in total. The first-order valence-corrected chi connectivity index (χ1v) is 10.5. The third-order valence-electron chi connectivity index (χ3n) is 5.46. The van der Waals surface area contributed by atoms with Gasteiger partial charge in [-0.05, 0) is 81.3 Å². The summed E-state index contributed by atoms with van der Waals surface area (Å²) < 4.78 is 5.50. The van der Waals surface area contributed by atoms with Crippen LogP contribution in [0.3, 0.4) is 0 Å². The fourth-order valence-corrected chi connectivity index (χ4v) is 3.82. The molecular weight excluding hydrogens is 362 g/mol. The second-order valence-corrected chi connectivity index (χ2v) is 8.91. The van der Waals surface area contributed by atoms with E-state index in [1.54, 1.807) is 4.90 Å². The molecule has 5 heteroatoms. The van der Waals surface area contributed by atoms with Gasteiger partial charge in [-0.2, -0.15) is 0 Å². The largest absolute Gasteiger partial charge is 0.444 e. The molecule has 29 heavy (non-hydrogen) atoms. The second-order valence-electron chi connectivity index (χ2n) is 8.91. The summed E-state index contributed by atoms with van der Waals surface area (Å²) in [5.74, 6) is 0. The molecule has 5 nitrogen and oxygen atoms in total. The average Bonchev–Trinajstić information content (AvgIpc) is 2.72. The number of carbonyl (C=O) groups excluding carboxylic acids is 1. The van der Waals surface area contributed by atoms with Gasteiger partial charge in [0.25, 0.3) is 0 Å². The van der Waals surface area contributed by atoms with Crippen molar-refractivity contribution in [2.75, 3.05) is 7.05 Å². The molecule has 3 rings (SSSR count). The normalized spacial score (nSPS) is 19.6. The van der Waals surface area contributed by atoms with Crippen LogP contribution >= 0.6 is 0 Å². The maximum absolute atomic E-state index is 12.3. The number of benzene rings is 1. The lowest BCUT2D eigenvalue weighted by atomic mass is 9.90. The molecular formula is C24H33N3O2. The van der Waals surface area contributed by atoms with Crippen LogP contribution < -0.4 is 5.32 Å². The Hall–Kier alpha value is -2.40. The van der Waals surface area contributed by atoms with Gasteiger partial charge in [-0.25, -0.2) is 4.79 Å². The fourth-order valence-electron chi connectivity index (χ4n) is 3.82. The van der Waals surface area contributed by atoms with E-state index in [4.69, 9.17) is 4.74 Å². The lowest BCUT2D eigenvalue weighted by Gasteiger charge is -2.35. The van der Waals surface area contributed by atoms with Crippen molar-refractivity contribution in [1.82, 2.24) is 15.2 Å². The van der Waals surface area contributed by atoms with E-state index < -0.39 is 5.60 Å². The van der Waals surface area contributed by atoms with Crippen molar-refractivity contribution in [2.24, 2.45) is 0 Å². The Morgan fingerprint density at radius 1 is 1.10 bits per heavy atom. The topological polar surface area (TPSA) is 54.5 Å². The molecule has 1 saturated carbocycles. The fraction of sp³-hybridized carbons (Fsp3) is 0.500. The van der Waals surface area contributed by atoms with Crippen molar-refractivity contribution in [2.45, 2.75) is 70.7 Å². The van der Waals surface area contributed by atoms with Gasteiger partial charge in [-0.3, -0.25) is 4.98 Å². The van der Waals surface area contributed by atoms with Crippen LogP contribution in [0.2, 0.25) is 0 Å². The number of amides is 1. The molecule has 0 atom stereocenters. The second kappa shape index (κ2) is 9.40. The molecule has 0 unspecified atom stereocenters. The summed E-state index contributed by atoms with van der Waals surface area (Å²) in [7, 11) is 1.86. The summed E-state index contributed by atoms with van der Waals surface area (Å²) in [6.45, 7) is 6.58. The highest BCUT2D eigenvalue weighted by atomic mass is 16.6. The lowest BCUT2D eigenvalue weighted by molar-refractivity contribution is 0.0179. The van der Waals surface area contributed by atoms with Gasteiger partial charge < -0.3 is 15.0 Å². The van der Waals surface area contributed by atoms with Crippen LogP contribution in [0.4, 0.5) is 4.79 Å². The number of nitrogens with one attached hydrogen (secondary N) is 1. The number of carbonyl (C=O) groups is 1. The molecule has 2 aromatic rings. The van der Waals surface area contributed by atoms with Gasteiger partial charge >= 0.3 is 6.09 Å². The van der Waals surface area contributed by atoms with Crippen molar-refractivity contribution in [3.05, 3.63) is 54.4 Å². The van der Waals surface area contributed by atoms with Crippen LogP contribution in [-0.4, -0.2) is 40.7 Å². The minimum absolute atomic E-state index is 0.221. The van der Waals surface area contributed by atoms with Gasteiger partial charge in [0, 0.05) is 38.1 Å². The number of ether oxygens (including phenoxy) is 1. The van der Waals surface area contributed by atoms with E-state index in [9.17, 15) is 4.79 Å². The minimum Gasteiger partial charge on any atom is -0.444 e. The molecule has 0 bridgehead atoms. The summed E-state index contributed by atoms with van der Waals surface area (Å²) in [6, 6.07) is 13.5. The highest BCUT2D eigenvalue weighted by Gasteiger charge is 2.29. The molecule has 1 heterocycles. The molecule has 1 fully saturated rings. The highest BCUT2D eigenvalue weighted by Crippen LogP contribution is 2.25. The van der Waals surface area contributed by atoms with Crippen LogP contribution in [0.5, 0.6) is 0 Å². The number of rotatable bonds is 5. The smallest absolute Gasteiger partial charge is 0.410 e. The van der Waals surface area contributed by atoms with Crippen LogP contribution in [-0.2, 0) is 11.3 Å². The zero-order valence-corrected chi connectivity index (χ0v) is 18.0. The summed E-state index contributed by atoms with van der Waals surface area (Å²) >= 11 is 0. The van der Waals surface area contributed by atoms with Gasteiger partial charge in [-0.1, -0.05) is 18.2 Å². The van der Waals surface area contributed by atoms with Crippen molar-refractivity contribution in [3.8, 4) is 11.1 Å². The van der Waals surface area contributed by atoms with Crippen molar-refractivity contribution >= 4 is 6.09 Å². The summed E-state index contributed by atoms with van der Waals surface area (Å²) in [6.07, 6.45) is 7.58. The summed E-state index contributed by atoms with van der Waals surface area (Å²) in [4.78, 5) is 18.2. The molecule has 1 aromatic heterocycles. The Bertz CT molecular complexity index is 793. The molecule has 1 aliphatic carbocycles. The first-order chi connectivity index (χ1) is 13.8. The number of nitrogens with zero attached hydrogens (tertiary/aromatic N) is 2. The predicted molar refractivity (Wildman–Crippen MR) is 117 cm³/mol. The Kier molecular flexibility index (Phi) is 6.91. The molecule has 1 amide bonds. The van der Waals surface area contributed by atoms with Gasteiger partial charge in [0.2, 0.25) is 0 Å². The maximum atomic E-state index is 12.3. The van der Waals surface area contributed by atoms with E-state index >= 15 is 0 Å². The number of aromatic nitrogens is 1. The van der Waals surface area contributed by atoms with Gasteiger partial charge in [0.05, 0.1) is 0 Å². The van der Waals surface area contributed by atoms with E-state index in [0.717, 1.165) is 32.2 Å². The first-order valence-electron chi connectivity index (χ1n) is 10.5. The van der Waals surface area contributed by atoms with E-state index in [-0.39, 0.29) is 12.1 Å². The minimum atomic E-state index is -0.450. The molecule has 0 saturated heterocycles. The van der Waals surface area contributed by atoms with Gasteiger partial charge in [0.1, 0.15) is 5.60 Å². The Balaban J connectivity index is 1.47. The van der Waals surface area contributed by atoms with E-state index in [0.29, 0.717) is 6.04 Å². The van der Waals surface area contributed by atoms with Crippen molar-refractivity contribution in [1.29, 1.82) is 0 Å². The molecule has 0 spiro atoms. The van der Waals surface area contributed by atoms with Crippen LogP contribution in [0, 0.1) is 0 Å². The lowest BCUT2D eigenvalue weighted by Crippen LogP contribution is -2.44. The van der Waals surface area contributed by atoms with Gasteiger partial charge in [0.15, 0.2) is 0 Å². The molecule has 1 aliphatic rings. The standard InChI is InChI=1S/C24H33N3O2/c1-24(2,3)29-23(28)27(4)22-10-8-21(9-11-22)26-17-18-6-5-7-20(16-18)19-12-14-25-15-13-19/h5-7,12-16,21-22,26H,8-11,17H2,1-4H3/t21-,22-. The highest BCUT2D eigenvalue weighted by molar-refractivity contribution is 5.68. The monoisotopic (exact) mass is 395 g/mol. The van der Waals surface area contributed by atoms with Crippen LogP contribution in [0.1, 0.15) is 52.0 Å². The number of hydrogen-bond acceptors (Lipinski definition) is 4. The predicted octanol–water partition coefficient (Wildman–Crippen LogP) is 5.02. The van der Waals surface area contributed by atoms with Crippen molar-refractivity contribution < 1.29 is 9.53 Å².